The van der Waals surface area contributed by atoms with Crippen molar-refractivity contribution in [1.82, 2.24) is 0 Å². The van der Waals surface area contributed by atoms with Crippen LogP contribution in [0.2, 0.25) is 0 Å². The summed E-state index contributed by atoms with van der Waals surface area (Å²) in [6.45, 7) is 0. The van der Waals surface area contributed by atoms with Crippen LogP contribution in [0.25, 0.3) is 0 Å². The molecule has 0 aromatic heterocycles. The standard InChI is InChI=1S/C15H21NO3.ClH/c1-19-15(18)12-8-4-7-11(9-12)13(16)14(17)10-5-2-3-6-10;/h4,7-10,13-14,17H,2-3,5-6,16H2,1H3;1H/t13-,14+;/m1./s1. The Morgan fingerprint density at radius 1 is 1.40 bits per heavy atom. The molecule has 0 bridgehead atoms. The van der Waals surface area contributed by atoms with Crippen LogP contribution in [-0.2, 0) is 4.74 Å². The van der Waals surface area contributed by atoms with E-state index in [1.54, 1.807) is 18.2 Å². The second kappa shape index (κ2) is 7.62. The number of benzene rings is 1. The average Bonchev–Trinajstić information content (AvgIpc) is 2.99. The maximum absolute atomic E-state index is 11.5. The van der Waals surface area contributed by atoms with Gasteiger partial charge in [0.15, 0.2) is 0 Å². The van der Waals surface area contributed by atoms with Gasteiger partial charge in [-0.25, -0.2) is 4.79 Å². The van der Waals surface area contributed by atoms with Gasteiger partial charge < -0.3 is 15.6 Å². The first-order valence-electron chi connectivity index (χ1n) is 6.75. The molecular formula is C15H22ClNO3. The Balaban J connectivity index is 0.00000200. The third-order valence-corrected chi connectivity index (χ3v) is 3.94. The van der Waals surface area contributed by atoms with E-state index in [1.807, 2.05) is 6.07 Å². The van der Waals surface area contributed by atoms with Gasteiger partial charge in [-0.05, 0) is 36.5 Å². The molecule has 2 atom stereocenters. The second-order valence-electron chi connectivity index (χ2n) is 5.18. The van der Waals surface area contributed by atoms with Crippen LogP contribution in [0.5, 0.6) is 0 Å². The summed E-state index contributed by atoms with van der Waals surface area (Å²) < 4.78 is 4.69. The molecule has 0 heterocycles. The van der Waals surface area contributed by atoms with E-state index in [0.29, 0.717) is 5.56 Å². The van der Waals surface area contributed by atoms with Crippen molar-refractivity contribution < 1.29 is 14.6 Å². The first-order valence-corrected chi connectivity index (χ1v) is 6.75. The van der Waals surface area contributed by atoms with Gasteiger partial charge in [0, 0.05) is 0 Å². The van der Waals surface area contributed by atoms with E-state index >= 15 is 0 Å². The predicted octanol–water partition coefficient (Wildman–Crippen LogP) is 2.45. The van der Waals surface area contributed by atoms with Gasteiger partial charge in [0.1, 0.15) is 0 Å². The minimum atomic E-state index is -0.546. The molecule has 0 spiro atoms. The lowest BCUT2D eigenvalue weighted by Crippen LogP contribution is -2.32. The normalized spacial score (nSPS) is 18.1. The molecule has 0 saturated heterocycles. The van der Waals surface area contributed by atoms with Crippen molar-refractivity contribution in [3.8, 4) is 0 Å². The summed E-state index contributed by atoms with van der Waals surface area (Å²) >= 11 is 0. The largest absolute Gasteiger partial charge is 0.465 e. The van der Waals surface area contributed by atoms with E-state index in [-0.39, 0.29) is 24.3 Å². The van der Waals surface area contributed by atoms with E-state index in [9.17, 15) is 9.90 Å². The van der Waals surface area contributed by atoms with Gasteiger partial charge in [-0.1, -0.05) is 25.0 Å². The van der Waals surface area contributed by atoms with Crippen LogP contribution in [0.4, 0.5) is 0 Å². The van der Waals surface area contributed by atoms with Crippen LogP contribution in [0.1, 0.15) is 47.6 Å². The van der Waals surface area contributed by atoms with Gasteiger partial charge in [-0.2, -0.15) is 0 Å². The number of esters is 1. The zero-order valence-electron chi connectivity index (χ0n) is 11.6. The fraction of sp³-hybridized carbons (Fsp3) is 0.533. The number of halogens is 1. The van der Waals surface area contributed by atoms with Gasteiger partial charge in [-0.15, -0.1) is 12.4 Å². The topological polar surface area (TPSA) is 72.5 Å². The van der Waals surface area contributed by atoms with Gasteiger partial charge in [0.2, 0.25) is 0 Å². The highest BCUT2D eigenvalue weighted by Crippen LogP contribution is 2.32. The Bertz CT molecular complexity index is 446. The molecular weight excluding hydrogens is 278 g/mol. The summed E-state index contributed by atoms with van der Waals surface area (Å²) in [5.74, 6) is -0.110. The molecule has 5 heteroatoms. The van der Waals surface area contributed by atoms with Gasteiger partial charge >= 0.3 is 5.97 Å². The number of methoxy groups -OCH3 is 1. The van der Waals surface area contributed by atoms with Crippen LogP contribution < -0.4 is 5.73 Å². The van der Waals surface area contributed by atoms with E-state index in [0.717, 1.165) is 31.2 Å². The number of carbonyl (C=O) groups is 1. The van der Waals surface area contributed by atoms with Gasteiger partial charge in [0.05, 0.1) is 24.8 Å². The molecule has 1 saturated carbocycles. The molecule has 1 aliphatic rings. The minimum absolute atomic E-state index is 0. The molecule has 0 unspecified atom stereocenters. The number of hydrogen-bond donors (Lipinski definition) is 2. The summed E-state index contributed by atoms with van der Waals surface area (Å²) in [6, 6.07) is 6.55. The van der Waals surface area contributed by atoms with Crippen LogP contribution in [-0.4, -0.2) is 24.3 Å². The second-order valence-corrected chi connectivity index (χ2v) is 5.18. The zero-order valence-corrected chi connectivity index (χ0v) is 12.4. The van der Waals surface area contributed by atoms with E-state index < -0.39 is 12.1 Å². The van der Waals surface area contributed by atoms with Crippen LogP contribution in [0, 0.1) is 5.92 Å². The van der Waals surface area contributed by atoms with Crippen molar-refractivity contribution in [2.24, 2.45) is 11.7 Å². The van der Waals surface area contributed by atoms with Crippen LogP contribution in [0.3, 0.4) is 0 Å². The van der Waals surface area contributed by atoms with Crippen LogP contribution in [0.15, 0.2) is 24.3 Å². The summed E-state index contributed by atoms with van der Waals surface area (Å²) in [4.78, 5) is 11.5. The first kappa shape index (κ1) is 17.0. The maximum Gasteiger partial charge on any atom is 0.337 e. The van der Waals surface area contributed by atoms with E-state index in [4.69, 9.17) is 5.73 Å². The molecule has 1 aromatic rings. The number of aliphatic hydroxyl groups excluding tert-OH is 1. The monoisotopic (exact) mass is 299 g/mol. The Morgan fingerprint density at radius 2 is 2.05 bits per heavy atom. The molecule has 2 rings (SSSR count). The molecule has 1 fully saturated rings. The molecule has 3 N–H and O–H groups in total. The molecule has 1 aromatic carbocycles. The summed E-state index contributed by atoms with van der Waals surface area (Å²) in [7, 11) is 1.35. The number of rotatable bonds is 4. The summed E-state index contributed by atoms with van der Waals surface area (Å²) in [6.07, 6.45) is 3.85. The number of hydrogen-bond acceptors (Lipinski definition) is 4. The third-order valence-electron chi connectivity index (χ3n) is 3.94. The number of ether oxygens (including phenoxy) is 1. The Hall–Kier alpha value is -1.10. The maximum atomic E-state index is 11.5. The van der Waals surface area contributed by atoms with Gasteiger partial charge in [-0.3, -0.25) is 0 Å². The highest BCUT2D eigenvalue weighted by atomic mass is 35.5. The molecule has 4 nitrogen and oxygen atoms in total. The number of aliphatic hydroxyl groups is 1. The highest BCUT2D eigenvalue weighted by Gasteiger charge is 2.28. The summed E-state index contributed by atoms with van der Waals surface area (Å²) in [5, 5.41) is 10.3. The highest BCUT2D eigenvalue weighted by molar-refractivity contribution is 5.89. The average molecular weight is 300 g/mol. The van der Waals surface area contributed by atoms with E-state index in [2.05, 4.69) is 4.74 Å². The van der Waals surface area contributed by atoms with Crippen molar-refractivity contribution in [3.05, 3.63) is 35.4 Å². The fourth-order valence-electron chi connectivity index (χ4n) is 2.78. The van der Waals surface area contributed by atoms with Crippen LogP contribution >= 0.6 is 12.4 Å². The predicted molar refractivity (Wildman–Crippen MR) is 79.9 cm³/mol. The SMILES string of the molecule is COC(=O)c1cccc([C@@H](N)[C@@H](O)C2CCCC2)c1.Cl. The molecule has 0 radical (unpaired) electrons. The van der Waals surface area contributed by atoms with Crippen molar-refractivity contribution in [1.29, 1.82) is 0 Å². The van der Waals surface area contributed by atoms with Crippen molar-refractivity contribution in [2.45, 2.75) is 37.8 Å². The van der Waals surface area contributed by atoms with Crippen molar-refractivity contribution in [3.63, 3.8) is 0 Å². The molecule has 0 amide bonds. The van der Waals surface area contributed by atoms with E-state index in [1.165, 1.54) is 7.11 Å². The van der Waals surface area contributed by atoms with Gasteiger partial charge in [0.25, 0.3) is 0 Å². The lowest BCUT2D eigenvalue weighted by Gasteiger charge is -2.24. The van der Waals surface area contributed by atoms with Crippen molar-refractivity contribution in [2.75, 3.05) is 7.11 Å². The Labute approximate surface area is 125 Å². The smallest absolute Gasteiger partial charge is 0.337 e. The minimum Gasteiger partial charge on any atom is -0.465 e. The lowest BCUT2D eigenvalue weighted by molar-refractivity contribution is 0.0599. The number of nitrogens with two attached hydrogens (primary N) is 1. The Morgan fingerprint density at radius 3 is 2.65 bits per heavy atom. The quantitative estimate of drug-likeness (QED) is 0.838. The van der Waals surface area contributed by atoms with Crippen molar-refractivity contribution >= 4 is 18.4 Å². The molecule has 1 aliphatic carbocycles. The lowest BCUT2D eigenvalue weighted by atomic mass is 9.90. The zero-order chi connectivity index (χ0) is 13.8. The first-order chi connectivity index (χ1) is 9.13. The molecule has 112 valence electrons. The molecule has 20 heavy (non-hydrogen) atoms. The fourth-order valence-corrected chi connectivity index (χ4v) is 2.78. The summed E-state index contributed by atoms with van der Waals surface area (Å²) in [5.41, 5.74) is 7.37. The Kier molecular flexibility index (Phi) is 6.46. The number of carbonyl (C=O) groups excluding carboxylic acids is 1. The molecule has 0 aliphatic heterocycles. The third kappa shape index (κ3) is 3.72.